The summed E-state index contributed by atoms with van der Waals surface area (Å²) in [6.07, 6.45) is 7.98. The van der Waals surface area contributed by atoms with Crippen molar-refractivity contribution in [3.05, 3.63) is 29.8 Å². The molecule has 0 radical (unpaired) electrons. The molecule has 1 atom stereocenters. The van der Waals surface area contributed by atoms with Gasteiger partial charge in [0, 0.05) is 13.5 Å². The molecule has 1 N–H and O–H groups in total. The maximum atomic E-state index is 12.0. The minimum Gasteiger partial charge on any atom is -0.504 e. The number of hydrogen-bond acceptors (Lipinski definition) is 4. The average Bonchev–Trinajstić information content (AvgIpc) is 2.53. The van der Waals surface area contributed by atoms with Crippen molar-refractivity contribution >= 4 is 11.9 Å². The van der Waals surface area contributed by atoms with Crippen molar-refractivity contribution in [2.45, 2.75) is 45.1 Å². The monoisotopic (exact) mass is 306 g/mol. The fourth-order valence-corrected chi connectivity index (χ4v) is 2.20. The van der Waals surface area contributed by atoms with E-state index in [-0.39, 0.29) is 17.6 Å². The third-order valence-electron chi connectivity index (χ3n) is 3.56. The summed E-state index contributed by atoms with van der Waals surface area (Å²) in [5, 5.41) is 9.53. The van der Waals surface area contributed by atoms with Crippen LogP contribution in [0.2, 0.25) is 0 Å². The molecule has 0 saturated heterocycles. The van der Waals surface area contributed by atoms with E-state index in [2.05, 4.69) is 6.92 Å². The number of carbonyl (C=O) groups excluding carboxylic acids is 1. The lowest BCUT2D eigenvalue weighted by Gasteiger charge is -2.13. The summed E-state index contributed by atoms with van der Waals surface area (Å²) in [4.78, 5) is 12.0. The van der Waals surface area contributed by atoms with E-state index < -0.39 is 0 Å². The van der Waals surface area contributed by atoms with Crippen molar-refractivity contribution in [1.29, 1.82) is 0 Å². The van der Waals surface area contributed by atoms with Crippen molar-refractivity contribution in [1.82, 2.24) is 0 Å². The molecule has 0 aliphatic rings. The smallest absolute Gasteiger partial charge is 0.161 e. The lowest BCUT2D eigenvalue weighted by Crippen LogP contribution is -2.14. The first-order chi connectivity index (χ1) is 10.6. The van der Waals surface area contributed by atoms with Crippen LogP contribution in [-0.2, 0) is 9.53 Å². The van der Waals surface area contributed by atoms with Crippen LogP contribution in [0.25, 0.3) is 6.08 Å². The van der Waals surface area contributed by atoms with E-state index in [9.17, 15) is 9.90 Å². The van der Waals surface area contributed by atoms with Crippen LogP contribution < -0.4 is 4.74 Å². The van der Waals surface area contributed by atoms with Gasteiger partial charge < -0.3 is 14.6 Å². The van der Waals surface area contributed by atoms with Crippen LogP contribution >= 0.6 is 0 Å². The van der Waals surface area contributed by atoms with Crippen molar-refractivity contribution in [2.24, 2.45) is 0 Å². The summed E-state index contributed by atoms with van der Waals surface area (Å²) in [5.41, 5.74) is 0.808. The number of rotatable bonds is 10. The minimum absolute atomic E-state index is 0.0157. The van der Waals surface area contributed by atoms with Gasteiger partial charge >= 0.3 is 0 Å². The van der Waals surface area contributed by atoms with Gasteiger partial charge in [0.2, 0.25) is 0 Å². The highest BCUT2D eigenvalue weighted by Gasteiger charge is 2.11. The second kappa shape index (κ2) is 10.0. The fourth-order valence-electron chi connectivity index (χ4n) is 2.20. The number of benzene rings is 1. The van der Waals surface area contributed by atoms with Crippen molar-refractivity contribution in [3.8, 4) is 11.5 Å². The van der Waals surface area contributed by atoms with E-state index in [1.807, 2.05) is 0 Å². The largest absolute Gasteiger partial charge is 0.504 e. The topological polar surface area (TPSA) is 55.8 Å². The Morgan fingerprint density at radius 3 is 2.73 bits per heavy atom. The zero-order valence-electron chi connectivity index (χ0n) is 13.7. The molecule has 1 aromatic rings. The molecule has 0 unspecified atom stereocenters. The molecule has 0 bridgehead atoms. The molecule has 1 aromatic carbocycles. The van der Waals surface area contributed by atoms with Crippen LogP contribution in [0.15, 0.2) is 24.3 Å². The average molecular weight is 306 g/mol. The van der Waals surface area contributed by atoms with Gasteiger partial charge in [0.15, 0.2) is 17.3 Å². The van der Waals surface area contributed by atoms with Crippen LogP contribution in [0.4, 0.5) is 0 Å². The normalized spacial score (nSPS) is 12.5. The van der Waals surface area contributed by atoms with E-state index in [1.165, 1.54) is 7.11 Å². The highest BCUT2D eigenvalue weighted by atomic mass is 16.5. The second-order valence-electron chi connectivity index (χ2n) is 5.29. The molecule has 0 aliphatic carbocycles. The minimum atomic E-state index is -0.0157. The highest BCUT2D eigenvalue weighted by Crippen LogP contribution is 2.26. The maximum Gasteiger partial charge on any atom is 0.161 e. The Morgan fingerprint density at radius 1 is 1.32 bits per heavy atom. The van der Waals surface area contributed by atoms with E-state index in [0.717, 1.165) is 31.2 Å². The number of unbranched alkanes of at least 4 members (excludes halogenated alkanes) is 2. The Morgan fingerprint density at radius 2 is 2.09 bits per heavy atom. The molecule has 0 amide bonds. The molecule has 0 fully saturated rings. The van der Waals surface area contributed by atoms with Crippen molar-refractivity contribution in [3.63, 3.8) is 0 Å². The molecule has 1 rings (SSSR count). The summed E-state index contributed by atoms with van der Waals surface area (Å²) in [7, 11) is 3.14. The molecule has 4 nitrogen and oxygen atoms in total. The molecular formula is C18H26O4. The lowest BCUT2D eigenvalue weighted by atomic mass is 10.0. The Bertz CT molecular complexity index is 494. The van der Waals surface area contributed by atoms with E-state index >= 15 is 0 Å². The fraction of sp³-hybridized carbons (Fsp3) is 0.500. The van der Waals surface area contributed by atoms with E-state index in [0.29, 0.717) is 12.2 Å². The second-order valence-corrected chi connectivity index (χ2v) is 5.29. The standard InChI is InChI=1S/C18H26O4/c1-4-5-6-7-16(21-2)13-15(19)10-8-14-9-11-17(20)18(12-14)22-3/h8-12,16,20H,4-7,13H2,1-3H3/t16-/m0/s1. The predicted octanol–water partition coefficient (Wildman–Crippen LogP) is 3.97. The Kier molecular flexibility index (Phi) is 8.30. The van der Waals surface area contributed by atoms with Crippen LogP contribution in [0.5, 0.6) is 11.5 Å². The number of hydrogen-bond donors (Lipinski definition) is 1. The van der Waals surface area contributed by atoms with E-state index in [1.54, 1.807) is 37.5 Å². The highest BCUT2D eigenvalue weighted by molar-refractivity contribution is 5.93. The summed E-state index contributed by atoms with van der Waals surface area (Å²) in [6.45, 7) is 2.15. The van der Waals surface area contributed by atoms with Gasteiger partial charge in [-0.15, -0.1) is 0 Å². The third-order valence-corrected chi connectivity index (χ3v) is 3.56. The Labute approximate surface area is 132 Å². The number of ketones is 1. The summed E-state index contributed by atoms with van der Waals surface area (Å²) in [6, 6.07) is 4.97. The van der Waals surface area contributed by atoms with Gasteiger partial charge in [-0.3, -0.25) is 4.79 Å². The molecule has 0 aromatic heterocycles. The van der Waals surface area contributed by atoms with Crippen molar-refractivity contribution in [2.75, 3.05) is 14.2 Å². The molecule has 0 aliphatic heterocycles. The molecule has 0 saturated carbocycles. The maximum absolute atomic E-state index is 12.0. The molecule has 122 valence electrons. The van der Waals surface area contributed by atoms with Gasteiger partial charge in [-0.2, -0.15) is 0 Å². The number of phenolic OH excluding ortho intramolecular Hbond substituents is 1. The van der Waals surface area contributed by atoms with Crippen LogP contribution in [0.3, 0.4) is 0 Å². The predicted molar refractivity (Wildman–Crippen MR) is 88.3 cm³/mol. The van der Waals surface area contributed by atoms with E-state index in [4.69, 9.17) is 9.47 Å². The SMILES string of the molecule is CCCCC[C@@H](CC(=O)C=Cc1ccc(O)c(OC)c1)OC. The number of phenols is 1. The van der Waals surface area contributed by atoms with Gasteiger partial charge in [-0.05, 0) is 30.2 Å². The first-order valence-electron chi connectivity index (χ1n) is 7.71. The quantitative estimate of drug-likeness (QED) is 0.525. The van der Waals surface area contributed by atoms with Gasteiger partial charge in [0.25, 0.3) is 0 Å². The van der Waals surface area contributed by atoms with Gasteiger partial charge in [0.05, 0.1) is 13.2 Å². The number of aromatic hydroxyl groups is 1. The first kappa shape index (κ1) is 18.2. The Hall–Kier alpha value is -1.81. The number of ether oxygens (including phenoxy) is 2. The summed E-state index contributed by atoms with van der Waals surface area (Å²) >= 11 is 0. The molecule has 0 spiro atoms. The van der Waals surface area contributed by atoms with Crippen LogP contribution in [-0.4, -0.2) is 31.2 Å². The summed E-state index contributed by atoms with van der Waals surface area (Å²) in [5.74, 6) is 0.515. The first-order valence-corrected chi connectivity index (χ1v) is 7.71. The van der Waals surface area contributed by atoms with Gasteiger partial charge in [-0.1, -0.05) is 38.3 Å². The molecular weight excluding hydrogens is 280 g/mol. The zero-order chi connectivity index (χ0) is 16.4. The van der Waals surface area contributed by atoms with Crippen molar-refractivity contribution < 1.29 is 19.4 Å². The number of methoxy groups -OCH3 is 2. The zero-order valence-corrected chi connectivity index (χ0v) is 13.7. The number of allylic oxidation sites excluding steroid dienone is 1. The van der Waals surface area contributed by atoms with Gasteiger partial charge in [-0.25, -0.2) is 0 Å². The lowest BCUT2D eigenvalue weighted by molar-refractivity contribution is -0.116. The third kappa shape index (κ3) is 6.31. The van der Waals surface area contributed by atoms with Gasteiger partial charge in [0.1, 0.15) is 0 Å². The van der Waals surface area contributed by atoms with Crippen LogP contribution in [0, 0.1) is 0 Å². The van der Waals surface area contributed by atoms with Crippen LogP contribution in [0.1, 0.15) is 44.6 Å². The molecule has 22 heavy (non-hydrogen) atoms. The molecule has 0 heterocycles. The summed E-state index contributed by atoms with van der Waals surface area (Å²) < 4.78 is 10.4. The number of carbonyl (C=O) groups is 1. The Balaban J connectivity index is 2.55. The molecule has 4 heteroatoms.